The summed E-state index contributed by atoms with van der Waals surface area (Å²) < 4.78 is 11.6. The van der Waals surface area contributed by atoms with Gasteiger partial charge in [-0.15, -0.1) is 0 Å². The number of alkyl halides is 1. The minimum Gasteiger partial charge on any atom is -0.507 e. The summed E-state index contributed by atoms with van der Waals surface area (Å²) in [6.07, 6.45) is 0. The number of aromatic hydroxyl groups is 2. The molecule has 8 heteroatoms. The smallest absolute Gasteiger partial charge is 0.200 e. The lowest BCUT2D eigenvalue weighted by atomic mass is 10.1. The number of hydrogen-bond acceptors (Lipinski definition) is 7. The first-order valence-corrected chi connectivity index (χ1v) is 17.5. The molecule has 7 rings (SSSR count). The van der Waals surface area contributed by atoms with Gasteiger partial charge in [-0.05, 0) is 24.3 Å². The molecule has 7 aromatic rings. The van der Waals surface area contributed by atoms with E-state index in [9.17, 15) is 24.6 Å². The average molecular weight is 756 g/mol. The van der Waals surface area contributed by atoms with Gasteiger partial charge in [0.2, 0.25) is 0 Å². The first-order valence-electron chi connectivity index (χ1n) is 16.3. The molecule has 0 radical (unpaired) electrons. The second kappa shape index (κ2) is 18.7. The van der Waals surface area contributed by atoms with E-state index in [1.807, 2.05) is 103 Å². The number of carbonyl (C=O) groups is 3. The van der Waals surface area contributed by atoms with E-state index < -0.39 is 0 Å². The number of phenolic OH excluding ortho intramolecular Hbond substituents is 2. The van der Waals surface area contributed by atoms with Crippen LogP contribution in [-0.4, -0.2) is 46.1 Å². The van der Waals surface area contributed by atoms with Crippen molar-refractivity contribution in [2.75, 3.05) is 18.5 Å². The molecule has 0 atom stereocenters. The molecule has 0 amide bonds. The fraction of sp³-hybridized carbons (Fsp3) is 0.0682. The Kier molecular flexibility index (Phi) is 13.3. The van der Waals surface area contributed by atoms with E-state index in [-0.39, 0.29) is 42.1 Å². The first-order chi connectivity index (χ1) is 25.4. The van der Waals surface area contributed by atoms with Gasteiger partial charge >= 0.3 is 0 Å². The van der Waals surface area contributed by atoms with Crippen molar-refractivity contribution in [2.45, 2.75) is 0 Å². The van der Waals surface area contributed by atoms with Crippen molar-refractivity contribution < 1.29 is 34.1 Å². The van der Waals surface area contributed by atoms with Gasteiger partial charge in [-0.25, -0.2) is 0 Å². The molecule has 0 saturated heterocycles. The molecule has 0 heterocycles. The number of Topliss-reactive ketones (excluding diaryl/α,β-unsaturated/α-hetero) is 3. The Morgan fingerprint density at radius 3 is 1.10 bits per heavy atom. The Labute approximate surface area is 309 Å². The summed E-state index contributed by atoms with van der Waals surface area (Å²) in [4.78, 5) is 35.7. The van der Waals surface area contributed by atoms with Gasteiger partial charge in [0.25, 0.3) is 0 Å². The fourth-order valence-electron chi connectivity index (χ4n) is 5.18. The zero-order valence-corrected chi connectivity index (χ0v) is 29.6. The quantitative estimate of drug-likeness (QED) is 0.106. The monoisotopic (exact) mass is 754 g/mol. The number of ether oxygens (including phenoxy) is 2. The predicted molar refractivity (Wildman–Crippen MR) is 208 cm³/mol. The van der Waals surface area contributed by atoms with E-state index in [4.69, 9.17) is 9.47 Å². The molecule has 0 spiro atoms. The van der Waals surface area contributed by atoms with Crippen LogP contribution in [0.25, 0.3) is 21.5 Å². The summed E-state index contributed by atoms with van der Waals surface area (Å²) in [7, 11) is 0. The summed E-state index contributed by atoms with van der Waals surface area (Å²) in [5.74, 6) is 1.53. The molecule has 260 valence electrons. The second-order valence-electron chi connectivity index (χ2n) is 11.3. The zero-order chi connectivity index (χ0) is 36.7. The fourth-order valence-corrected chi connectivity index (χ4v) is 5.51. The van der Waals surface area contributed by atoms with Gasteiger partial charge in [0, 0.05) is 38.2 Å². The van der Waals surface area contributed by atoms with Crippen LogP contribution >= 0.6 is 15.9 Å². The topological polar surface area (TPSA) is 110 Å². The highest BCUT2D eigenvalue weighted by Gasteiger charge is 2.12. The number of fused-ring (bicyclic) bond motifs is 2. The van der Waals surface area contributed by atoms with Gasteiger partial charge in [0.1, 0.15) is 23.0 Å². The maximum absolute atomic E-state index is 12.3. The van der Waals surface area contributed by atoms with Gasteiger partial charge in [0.15, 0.2) is 30.6 Å². The van der Waals surface area contributed by atoms with Crippen molar-refractivity contribution in [3.63, 3.8) is 0 Å². The minimum absolute atomic E-state index is 0.0549. The number of benzene rings is 7. The Morgan fingerprint density at radius 1 is 0.404 bits per heavy atom. The normalized spacial score (nSPS) is 10.2. The molecule has 2 N–H and O–H groups in total. The molecular weight excluding hydrogens is 720 g/mol. The second-order valence-corrected chi connectivity index (χ2v) is 11.9. The van der Waals surface area contributed by atoms with Crippen molar-refractivity contribution in [3.05, 3.63) is 180 Å². The van der Waals surface area contributed by atoms with Crippen molar-refractivity contribution in [3.8, 4) is 23.0 Å². The molecule has 0 unspecified atom stereocenters. The van der Waals surface area contributed by atoms with Gasteiger partial charge in [0.05, 0.1) is 5.33 Å². The Balaban J connectivity index is 0.000000193. The van der Waals surface area contributed by atoms with Crippen LogP contribution < -0.4 is 9.47 Å². The molecule has 7 nitrogen and oxygen atoms in total. The molecule has 0 fully saturated rings. The molecule has 0 aliphatic rings. The maximum Gasteiger partial charge on any atom is 0.200 e. The molecule has 52 heavy (non-hydrogen) atoms. The van der Waals surface area contributed by atoms with Crippen LogP contribution in [0, 0.1) is 0 Å². The number of hydrogen-bond donors (Lipinski definition) is 2. The number of rotatable bonds is 10. The Hall–Kier alpha value is -6.25. The first kappa shape index (κ1) is 37.0. The van der Waals surface area contributed by atoms with Crippen LogP contribution in [0.15, 0.2) is 164 Å². The Bertz CT molecular complexity index is 2120. The number of ketones is 3. The highest BCUT2D eigenvalue weighted by atomic mass is 79.9. The highest BCUT2D eigenvalue weighted by molar-refractivity contribution is 9.09. The van der Waals surface area contributed by atoms with Crippen molar-refractivity contribution in [1.82, 2.24) is 0 Å². The van der Waals surface area contributed by atoms with Crippen LogP contribution in [0.5, 0.6) is 23.0 Å². The van der Waals surface area contributed by atoms with Crippen molar-refractivity contribution in [1.29, 1.82) is 0 Å². The van der Waals surface area contributed by atoms with Gasteiger partial charge < -0.3 is 19.7 Å². The van der Waals surface area contributed by atoms with Crippen LogP contribution in [0.2, 0.25) is 0 Å². The third-order valence-electron chi connectivity index (χ3n) is 7.84. The predicted octanol–water partition coefficient (Wildman–Crippen LogP) is 9.88. The molecule has 0 aliphatic heterocycles. The zero-order valence-electron chi connectivity index (χ0n) is 28.0. The van der Waals surface area contributed by atoms with E-state index in [2.05, 4.69) is 15.9 Å². The molecular formula is C44H35BrO7. The third-order valence-corrected chi connectivity index (χ3v) is 8.35. The van der Waals surface area contributed by atoms with Gasteiger partial charge in [-0.3, -0.25) is 14.4 Å². The highest BCUT2D eigenvalue weighted by Crippen LogP contribution is 2.33. The Morgan fingerprint density at radius 2 is 0.731 bits per heavy atom. The lowest BCUT2D eigenvalue weighted by molar-refractivity contribution is 0.0915. The summed E-state index contributed by atoms with van der Waals surface area (Å²) in [5.41, 5.74) is 1.99. The summed E-state index contributed by atoms with van der Waals surface area (Å²) >= 11 is 3.10. The lowest BCUT2D eigenvalue weighted by Gasteiger charge is -2.12. The summed E-state index contributed by atoms with van der Waals surface area (Å²) in [6.45, 7) is -0.110. The van der Waals surface area contributed by atoms with E-state index >= 15 is 0 Å². The SMILES string of the molecule is O=C(CBr)c1ccccc1.O=C(COc1cccc2c(OCC(=O)c3ccccc3)cccc12)c1ccccc1.Oc1cccc2c(O)cccc12. The average Bonchev–Trinajstić information content (AvgIpc) is 3.20. The largest absolute Gasteiger partial charge is 0.507 e. The van der Waals surface area contributed by atoms with E-state index in [0.717, 1.165) is 16.3 Å². The molecule has 7 aromatic carbocycles. The number of phenols is 2. The standard InChI is InChI=1S/C26H20O4.C10H8O2.C8H7BrO/c27-23(19-9-3-1-4-10-19)17-29-25-15-7-14-22-21(25)13-8-16-26(22)30-18-24(28)20-11-5-2-6-12-20;11-9-5-1-3-7-8(9)4-2-6-10(7)12;9-6-8(10)7-4-2-1-3-5-7/h1-16H,17-18H2;1-6,11-12H;1-5H,6H2. The molecule has 0 aliphatic carbocycles. The van der Waals surface area contributed by atoms with E-state index in [1.165, 1.54) is 0 Å². The van der Waals surface area contributed by atoms with Crippen molar-refractivity contribution in [2.24, 2.45) is 0 Å². The van der Waals surface area contributed by atoms with Crippen LogP contribution in [0.4, 0.5) is 0 Å². The third kappa shape index (κ3) is 9.93. The van der Waals surface area contributed by atoms with Crippen LogP contribution in [-0.2, 0) is 0 Å². The van der Waals surface area contributed by atoms with Gasteiger partial charge in [-0.1, -0.05) is 155 Å². The van der Waals surface area contributed by atoms with Gasteiger partial charge in [-0.2, -0.15) is 0 Å². The maximum atomic E-state index is 12.3. The lowest BCUT2D eigenvalue weighted by Crippen LogP contribution is -2.12. The number of halogens is 1. The minimum atomic E-state index is -0.0894. The van der Waals surface area contributed by atoms with E-state index in [1.54, 1.807) is 60.7 Å². The van der Waals surface area contributed by atoms with Crippen LogP contribution in [0.1, 0.15) is 31.1 Å². The summed E-state index contributed by atoms with van der Waals surface area (Å²) in [6, 6.07) is 48.6. The van der Waals surface area contributed by atoms with E-state index in [0.29, 0.717) is 38.7 Å². The van der Waals surface area contributed by atoms with Crippen LogP contribution in [0.3, 0.4) is 0 Å². The molecule has 0 saturated carbocycles. The summed E-state index contributed by atoms with van der Waals surface area (Å²) in [5, 5.41) is 22.2. The van der Waals surface area contributed by atoms with Crippen molar-refractivity contribution >= 4 is 54.8 Å². The molecule has 0 bridgehead atoms. The number of carbonyl (C=O) groups excluding carboxylic acids is 3. The molecule has 0 aromatic heterocycles.